The Morgan fingerprint density at radius 3 is 2.86 bits per heavy atom. The molecule has 2 aromatic rings. The van der Waals surface area contributed by atoms with Gasteiger partial charge in [0.1, 0.15) is 24.4 Å². The van der Waals surface area contributed by atoms with Gasteiger partial charge in [-0.2, -0.15) is 16.8 Å². The summed E-state index contributed by atoms with van der Waals surface area (Å²) < 4.78 is 13.4. The number of aromatic nitrogens is 2. The van der Waals surface area contributed by atoms with Gasteiger partial charge in [-0.05, 0) is 36.1 Å². The largest absolute Gasteiger partial charge is 0.384 e. The number of fused-ring (bicyclic) bond motifs is 2. The van der Waals surface area contributed by atoms with Crippen LogP contribution in [0.15, 0.2) is 49.0 Å². The molecular weight excluding hydrogens is 379 g/mol. The van der Waals surface area contributed by atoms with Crippen molar-refractivity contribution in [1.82, 2.24) is 19.9 Å². The van der Waals surface area contributed by atoms with Gasteiger partial charge in [-0.3, -0.25) is 5.01 Å². The molecule has 0 saturated heterocycles. The van der Waals surface area contributed by atoms with Crippen LogP contribution in [0.1, 0.15) is 18.2 Å². The molecule has 0 aliphatic carbocycles. The summed E-state index contributed by atoms with van der Waals surface area (Å²) >= 11 is 1.81. The van der Waals surface area contributed by atoms with Crippen molar-refractivity contribution in [3.8, 4) is 0 Å². The van der Waals surface area contributed by atoms with Crippen LogP contribution in [0.2, 0.25) is 0 Å². The number of hydrogen-bond acceptors (Lipinski definition) is 8. The average molecular weight is 400 g/mol. The van der Waals surface area contributed by atoms with Gasteiger partial charge < -0.3 is 9.74 Å². The molecule has 28 heavy (non-hydrogen) atoms. The molecule has 0 amide bonds. The summed E-state index contributed by atoms with van der Waals surface area (Å²) in [6.07, 6.45) is 5.16. The molecule has 0 unspecified atom stereocenters. The number of anilines is 1. The first kappa shape index (κ1) is 18.6. The third kappa shape index (κ3) is 3.63. The topological polar surface area (TPSA) is 70.8 Å². The van der Waals surface area contributed by atoms with E-state index >= 15 is 0 Å². The van der Waals surface area contributed by atoms with Gasteiger partial charge in [0.2, 0.25) is 5.95 Å². The van der Waals surface area contributed by atoms with Crippen LogP contribution >= 0.6 is 11.8 Å². The van der Waals surface area contributed by atoms with Gasteiger partial charge in [-0.25, -0.2) is 20.2 Å². The van der Waals surface area contributed by atoms with E-state index < -0.39 is 0 Å². The van der Waals surface area contributed by atoms with Gasteiger partial charge in [-0.1, -0.05) is 6.92 Å². The molecule has 0 fully saturated rings. The molecule has 0 atom stereocenters. The highest BCUT2D eigenvalue weighted by Gasteiger charge is 2.34. The van der Waals surface area contributed by atoms with E-state index in [2.05, 4.69) is 16.9 Å². The number of nitrogens with zero attached hydrogens (tertiary/aromatic N) is 5. The first-order valence-electron chi connectivity index (χ1n) is 8.98. The van der Waals surface area contributed by atoms with E-state index in [-0.39, 0.29) is 5.82 Å². The molecule has 3 heterocycles. The summed E-state index contributed by atoms with van der Waals surface area (Å²) in [6, 6.07) is 8.17. The molecule has 9 heteroatoms. The Kier molecular flexibility index (Phi) is 5.36. The fourth-order valence-electron chi connectivity index (χ4n) is 3.10. The highest BCUT2D eigenvalue weighted by molar-refractivity contribution is 7.99. The van der Waals surface area contributed by atoms with E-state index in [1.807, 2.05) is 28.9 Å². The van der Waals surface area contributed by atoms with Gasteiger partial charge in [0, 0.05) is 30.3 Å². The lowest BCUT2D eigenvalue weighted by Gasteiger charge is -2.24. The fourth-order valence-corrected chi connectivity index (χ4v) is 3.71. The number of halogens is 1. The molecule has 0 saturated carbocycles. The maximum absolute atomic E-state index is 13.4. The van der Waals surface area contributed by atoms with E-state index in [0.29, 0.717) is 19.2 Å². The number of nitrogens with two attached hydrogens (primary N) is 1. The molecule has 1 aromatic carbocycles. The van der Waals surface area contributed by atoms with Crippen molar-refractivity contribution in [3.05, 3.63) is 66.1 Å². The lowest BCUT2D eigenvalue weighted by molar-refractivity contribution is -0.0681. The lowest BCUT2D eigenvalue weighted by atomic mass is 10.1. The quantitative estimate of drug-likeness (QED) is 0.432. The van der Waals surface area contributed by atoms with Crippen molar-refractivity contribution in [3.63, 3.8) is 0 Å². The number of hydroxylamine groups is 2. The molecule has 2 bridgehead atoms. The molecule has 0 radical (unpaired) electrons. The number of benzene rings is 1. The highest BCUT2D eigenvalue weighted by Crippen LogP contribution is 2.39. The summed E-state index contributed by atoms with van der Waals surface area (Å²) in [5.41, 5.74) is 3.24. The number of thioether (sulfide) groups is 1. The van der Waals surface area contributed by atoms with Crippen molar-refractivity contribution < 1.29 is 9.23 Å². The minimum Gasteiger partial charge on any atom is -0.384 e. The predicted molar refractivity (Wildman–Crippen MR) is 109 cm³/mol. The number of hydrogen-bond donors (Lipinski definition) is 1. The minimum atomic E-state index is -0.283. The van der Waals surface area contributed by atoms with Gasteiger partial charge >= 0.3 is 0 Å². The van der Waals surface area contributed by atoms with Crippen molar-refractivity contribution in [2.24, 2.45) is 5.84 Å². The lowest BCUT2D eigenvalue weighted by Crippen LogP contribution is -2.35. The Morgan fingerprint density at radius 2 is 2.07 bits per heavy atom. The Labute approximate surface area is 167 Å². The van der Waals surface area contributed by atoms with Crippen molar-refractivity contribution in [2.45, 2.75) is 6.92 Å². The summed E-state index contributed by atoms with van der Waals surface area (Å²) in [4.78, 5) is 16.7. The monoisotopic (exact) mass is 400 g/mol. The Balaban J connectivity index is 1.71. The van der Waals surface area contributed by atoms with Crippen LogP contribution in [0.4, 0.5) is 10.3 Å². The summed E-state index contributed by atoms with van der Waals surface area (Å²) in [5.74, 6) is 8.27. The Bertz CT molecular complexity index is 904. The van der Waals surface area contributed by atoms with Crippen LogP contribution in [-0.4, -0.2) is 44.7 Å². The van der Waals surface area contributed by atoms with Crippen LogP contribution in [0, 0.1) is 5.82 Å². The van der Waals surface area contributed by atoms with E-state index in [9.17, 15) is 4.39 Å². The molecule has 146 valence electrons. The van der Waals surface area contributed by atoms with E-state index in [1.54, 1.807) is 34.7 Å². The molecular formula is C19H21FN6OS. The fraction of sp³-hybridized carbons (Fsp3) is 0.263. The zero-order valence-electron chi connectivity index (χ0n) is 15.5. The predicted octanol–water partition coefficient (Wildman–Crippen LogP) is 2.87. The summed E-state index contributed by atoms with van der Waals surface area (Å²) in [7, 11) is 0. The van der Waals surface area contributed by atoms with Crippen LogP contribution in [0.25, 0.3) is 11.4 Å². The summed E-state index contributed by atoms with van der Waals surface area (Å²) in [5, 5.41) is 3.32. The van der Waals surface area contributed by atoms with Crippen LogP contribution < -0.4 is 10.9 Å². The Hall–Kier alpha value is -2.78. The van der Waals surface area contributed by atoms with Crippen LogP contribution in [0.3, 0.4) is 0 Å². The smallest absolute Gasteiger partial charge is 0.240 e. The first-order valence-corrected chi connectivity index (χ1v) is 10.1. The Morgan fingerprint density at radius 1 is 1.25 bits per heavy atom. The second-order valence-corrected chi connectivity index (χ2v) is 7.61. The molecule has 0 spiro atoms. The maximum Gasteiger partial charge on any atom is 0.240 e. The van der Waals surface area contributed by atoms with Crippen LogP contribution in [-0.2, 0) is 4.84 Å². The number of rotatable bonds is 7. The molecule has 2 N–H and O–H groups in total. The maximum atomic E-state index is 13.4. The van der Waals surface area contributed by atoms with Crippen LogP contribution in [0.5, 0.6) is 0 Å². The third-order valence-corrected chi connectivity index (χ3v) is 5.29. The zero-order chi connectivity index (χ0) is 19.5. The molecule has 7 nitrogen and oxygen atoms in total. The molecule has 2 aliphatic rings. The standard InChI is InChI=1S/C19H21FN6OS/c1-2-28-12-10-25(21)19-22-8-7-16(23-19)18-17(14-3-5-15(20)6-4-14)26-13-24(18)9-11-27-26/h3-9,11H,2,10,12-13,21H2,1H3. The minimum absolute atomic E-state index is 0.283. The second-order valence-electron chi connectivity index (χ2n) is 6.22. The molecule has 4 rings (SSSR count). The van der Waals surface area contributed by atoms with Gasteiger partial charge in [0.15, 0.2) is 0 Å². The van der Waals surface area contributed by atoms with Gasteiger partial charge in [0.05, 0.1) is 11.4 Å². The SMILES string of the molecule is CCSCCN(N)c1nccc(C2=C(c3ccc(F)cc3)N3CN2C=CO3)n1. The van der Waals surface area contributed by atoms with Crippen molar-refractivity contribution in [2.75, 3.05) is 29.7 Å². The highest BCUT2D eigenvalue weighted by atomic mass is 32.2. The third-order valence-electron chi connectivity index (χ3n) is 4.41. The van der Waals surface area contributed by atoms with E-state index in [1.165, 1.54) is 12.1 Å². The average Bonchev–Trinajstić information content (AvgIpc) is 2.98. The van der Waals surface area contributed by atoms with Crippen molar-refractivity contribution in [1.29, 1.82) is 0 Å². The molecule has 2 aliphatic heterocycles. The normalized spacial score (nSPS) is 15.2. The molecule has 1 aromatic heterocycles. The zero-order valence-corrected chi connectivity index (χ0v) is 16.3. The number of hydrazine groups is 1. The second kappa shape index (κ2) is 8.07. The van der Waals surface area contributed by atoms with E-state index in [0.717, 1.165) is 34.2 Å². The van der Waals surface area contributed by atoms with Gasteiger partial charge in [-0.15, -0.1) is 0 Å². The first-order chi connectivity index (χ1) is 13.7. The summed E-state index contributed by atoms with van der Waals surface area (Å²) in [6.45, 7) is 3.30. The van der Waals surface area contributed by atoms with E-state index in [4.69, 9.17) is 10.7 Å². The van der Waals surface area contributed by atoms with Gasteiger partial charge in [0.25, 0.3) is 0 Å². The van der Waals surface area contributed by atoms with Crippen molar-refractivity contribution >= 4 is 29.1 Å².